The molecule has 7 nitrogen and oxygen atoms in total. The summed E-state index contributed by atoms with van der Waals surface area (Å²) in [6.07, 6.45) is -1.20. The second kappa shape index (κ2) is 4.38. The molecule has 0 saturated heterocycles. The van der Waals surface area contributed by atoms with Crippen LogP contribution in [0, 0.1) is 0 Å². The first-order valence-electron chi connectivity index (χ1n) is 3.26. The standard InChI is InChI=1S/C6H7BrO7/c7-3(4(10)11)6(14,5(12)13)1-2(8)9/h3,14H,1H2,(H,8,9)(H,10,11)(H,12,13). The molecule has 0 bridgehead atoms. The van der Waals surface area contributed by atoms with Crippen LogP contribution >= 0.6 is 15.9 Å². The summed E-state index contributed by atoms with van der Waals surface area (Å²) in [6, 6.07) is 0. The molecule has 0 fully saturated rings. The van der Waals surface area contributed by atoms with Gasteiger partial charge in [-0.3, -0.25) is 9.59 Å². The summed E-state index contributed by atoms with van der Waals surface area (Å²) in [7, 11) is 0. The fraction of sp³-hybridized carbons (Fsp3) is 0.500. The van der Waals surface area contributed by atoms with Crippen molar-refractivity contribution in [3.63, 3.8) is 0 Å². The van der Waals surface area contributed by atoms with E-state index in [1.807, 2.05) is 0 Å². The van der Waals surface area contributed by atoms with E-state index in [0.717, 1.165) is 0 Å². The Morgan fingerprint density at radius 1 is 1.21 bits per heavy atom. The normalized spacial score (nSPS) is 16.7. The second-order valence-electron chi connectivity index (χ2n) is 2.50. The Balaban J connectivity index is 4.99. The van der Waals surface area contributed by atoms with E-state index in [0.29, 0.717) is 0 Å². The van der Waals surface area contributed by atoms with Gasteiger partial charge >= 0.3 is 17.9 Å². The minimum absolute atomic E-state index is 1.20. The lowest BCUT2D eigenvalue weighted by molar-refractivity contribution is -0.169. The van der Waals surface area contributed by atoms with Gasteiger partial charge in [0.15, 0.2) is 10.4 Å². The summed E-state index contributed by atoms with van der Waals surface area (Å²) in [5.41, 5.74) is -2.86. The number of hydrogen-bond donors (Lipinski definition) is 4. The fourth-order valence-corrected chi connectivity index (χ4v) is 1.07. The van der Waals surface area contributed by atoms with Gasteiger partial charge < -0.3 is 20.4 Å². The van der Waals surface area contributed by atoms with Crippen LogP contribution in [0.2, 0.25) is 0 Å². The van der Waals surface area contributed by atoms with Gasteiger partial charge in [-0.1, -0.05) is 15.9 Å². The Bertz CT molecular complexity index is 275. The molecule has 0 aliphatic rings. The molecule has 0 aromatic rings. The molecule has 8 heteroatoms. The Morgan fingerprint density at radius 3 is 1.86 bits per heavy atom. The number of halogens is 1. The molecular formula is C6H7BrO7. The number of carboxylic acids is 3. The van der Waals surface area contributed by atoms with Crippen molar-refractivity contribution in [2.24, 2.45) is 0 Å². The van der Waals surface area contributed by atoms with Crippen molar-refractivity contribution < 1.29 is 34.8 Å². The van der Waals surface area contributed by atoms with Gasteiger partial charge in [0, 0.05) is 0 Å². The maximum Gasteiger partial charge on any atom is 0.338 e. The van der Waals surface area contributed by atoms with Crippen LogP contribution in [-0.2, 0) is 14.4 Å². The topological polar surface area (TPSA) is 132 Å². The van der Waals surface area contributed by atoms with Crippen LogP contribution in [0.15, 0.2) is 0 Å². The number of carbonyl (C=O) groups is 3. The predicted octanol–water partition coefficient (Wildman–Crippen LogP) is -0.875. The van der Waals surface area contributed by atoms with Crippen molar-refractivity contribution in [2.45, 2.75) is 16.8 Å². The van der Waals surface area contributed by atoms with Crippen LogP contribution in [-0.4, -0.2) is 48.8 Å². The Hall–Kier alpha value is -1.15. The monoisotopic (exact) mass is 270 g/mol. The van der Waals surface area contributed by atoms with Gasteiger partial charge in [-0.25, -0.2) is 4.79 Å². The Morgan fingerprint density at radius 2 is 1.64 bits per heavy atom. The van der Waals surface area contributed by atoms with Gasteiger partial charge in [0.2, 0.25) is 0 Å². The van der Waals surface area contributed by atoms with Gasteiger partial charge in [0.1, 0.15) is 0 Å². The molecule has 0 spiro atoms. The van der Waals surface area contributed by atoms with E-state index in [1.165, 1.54) is 0 Å². The first-order valence-corrected chi connectivity index (χ1v) is 4.18. The lowest BCUT2D eigenvalue weighted by atomic mass is 9.96. The highest BCUT2D eigenvalue weighted by Gasteiger charge is 2.48. The molecule has 0 aromatic heterocycles. The summed E-state index contributed by atoms with van der Waals surface area (Å²) in [6.45, 7) is 0. The van der Waals surface area contributed by atoms with Crippen molar-refractivity contribution in [2.75, 3.05) is 0 Å². The highest BCUT2D eigenvalue weighted by Crippen LogP contribution is 2.23. The second-order valence-corrected chi connectivity index (χ2v) is 3.42. The van der Waals surface area contributed by atoms with E-state index in [9.17, 15) is 19.5 Å². The largest absolute Gasteiger partial charge is 0.481 e. The van der Waals surface area contributed by atoms with Crippen molar-refractivity contribution in [3.8, 4) is 0 Å². The minimum Gasteiger partial charge on any atom is -0.481 e. The fourth-order valence-electron chi connectivity index (χ4n) is 0.708. The highest BCUT2D eigenvalue weighted by molar-refractivity contribution is 9.10. The molecule has 4 N–H and O–H groups in total. The van der Waals surface area contributed by atoms with E-state index < -0.39 is 34.8 Å². The lowest BCUT2D eigenvalue weighted by Crippen LogP contribution is -2.51. The van der Waals surface area contributed by atoms with Crippen LogP contribution in [0.3, 0.4) is 0 Å². The molecule has 80 valence electrons. The molecule has 0 rings (SSSR count). The number of aliphatic carboxylic acids is 3. The zero-order chi connectivity index (χ0) is 11.5. The number of carboxylic acid groups (broad SMARTS) is 3. The number of hydrogen-bond acceptors (Lipinski definition) is 4. The van der Waals surface area contributed by atoms with Crippen LogP contribution in [0.5, 0.6) is 0 Å². The Labute approximate surface area is 86.1 Å². The third kappa shape index (κ3) is 2.67. The van der Waals surface area contributed by atoms with Crippen molar-refractivity contribution in [3.05, 3.63) is 0 Å². The SMILES string of the molecule is O=C(O)CC(O)(C(=O)O)C(Br)C(=O)O. The van der Waals surface area contributed by atoms with Crippen molar-refractivity contribution >= 4 is 33.8 Å². The van der Waals surface area contributed by atoms with E-state index in [4.69, 9.17) is 15.3 Å². The molecule has 14 heavy (non-hydrogen) atoms. The lowest BCUT2D eigenvalue weighted by Gasteiger charge is -2.23. The molecule has 0 radical (unpaired) electrons. The summed E-state index contributed by atoms with van der Waals surface area (Å²) in [4.78, 5) is 29.2. The molecular weight excluding hydrogens is 264 g/mol. The number of aliphatic hydroxyl groups is 1. The van der Waals surface area contributed by atoms with E-state index >= 15 is 0 Å². The van der Waals surface area contributed by atoms with Crippen LogP contribution in [0.25, 0.3) is 0 Å². The van der Waals surface area contributed by atoms with E-state index in [1.54, 1.807) is 0 Å². The predicted molar refractivity (Wildman–Crippen MR) is 45.2 cm³/mol. The van der Waals surface area contributed by atoms with Gasteiger partial charge in [0.05, 0.1) is 6.42 Å². The molecule has 0 aliphatic carbocycles. The average Bonchev–Trinajstić information content (AvgIpc) is 2.00. The summed E-state index contributed by atoms with van der Waals surface area (Å²) >= 11 is 2.40. The van der Waals surface area contributed by atoms with Crippen molar-refractivity contribution in [1.82, 2.24) is 0 Å². The minimum atomic E-state index is -2.86. The quantitative estimate of drug-likeness (QED) is 0.477. The van der Waals surface area contributed by atoms with Crippen LogP contribution in [0.4, 0.5) is 0 Å². The summed E-state index contributed by atoms with van der Waals surface area (Å²) in [5.74, 6) is -5.18. The number of alkyl halides is 1. The molecule has 2 unspecified atom stereocenters. The smallest absolute Gasteiger partial charge is 0.338 e. The first-order chi connectivity index (χ1) is 6.21. The summed E-state index contributed by atoms with van der Waals surface area (Å²) < 4.78 is 0. The van der Waals surface area contributed by atoms with E-state index in [-0.39, 0.29) is 0 Å². The van der Waals surface area contributed by atoms with Gasteiger partial charge in [-0.2, -0.15) is 0 Å². The third-order valence-corrected chi connectivity index (χ3v) is 2.58. The van der Waals surface area contributed by atoms with Gasteiger partial charge in [0.25, 0.3) is 0 Å². The van der Waals surface area contributed by atoms with E-state index in [2.05, 4.69) is 15.9 Å². The first kappa shape index (κ1) is 12.8. The van der Waals surface area contributed by atoms with Crippen LogP contribution < -0.4 is 0 Å². The molecule has 2 atom stereocenters. The van der Waals surface area contributed by atoms with Crippen molar-refractivity contribution in [1.29, 1.82) is 0 Å². The molecule has 0 amide bonds. The maximum absolute atomic E-state index is 10.5. The molecule has 0 aromatic carbocycles. The third-order valence-electron chi connectivity index (χ3n) is 1.43. The maximum atomic E-state index is 10.5. The molecule has 0 aliphatic heterocycles. The van der Waals surface area contributed by atoms with Gasteiger partial charge in [-0.05, 0) is 0 Å². The zero-order valence-electron chi connectivity index (χ0n) is 6.68. The molecule has 0 heterocycles. The Kier molecular flexibility index (Phi) is 4.02. The van der Waals surface area contributed by atoms with Gasteiger partial charge in [-0.15, -0.1) is 0 Å². The highest BCUT2D eigenvalue weighted by atomic mass is 79.9. The molecule has 0 saturated carbocycles. The average molecular weight is 271 g/mol. The number of rotatable bonds is 5. The zero-order valence-corrected chi connectivity index (χ0v) is 8.26. The van der Waals surface area contributed by atoms with Crippen LogP contribution in [0.1, 0.15) is 6.42 Å². The summed E-state index contributed by atoms with van der Waals surface area (Å²) in [5, 5.41) is 34.5.